The van der Waals surface area contributed by atoms with Crippen molar-refractivity contribution < 1.29 is 14.7 Å². The summed E-state index contributed by atoms with van der Waals surface area (Å²) in [5.41, 5.74) is 10.1. The molecule has 4 N–H and O–H groups in total. The second kappa shape index (κ2) is 8.14. The lowest BCUT2D eigenvalue weighted by molar-refractivity contribution is -0.136. The average Bonchev–Trinajstić information content (AvgIpc) is 3.23. The largest absolute Gasteiger partial charge is 0.481 e. The Labute approximate surface area is 172 Å². The minimum Gasteiger partial charge on any atom is -0.481 e. The Morgan fingerprint density at radius 2 is 1.90 bits per heavy atom. The van der Waals surface area contributed by atoms with Gasteiger partial charge in [0, 0.05) is 24.0 Å². The number of nitrogens with one attached hydrogen (secondary N) is 1. The quantitative estimate of drug-likeness (QED) is 0.457. The summed E-state index contributed by atoms with van der Waals surface area (Å²) in [4.78, 5) is 28.4. The van der Waals surface area contributed by atoms with Crippen molar-refractivity contribution in [2.75, 3.05) is 5.32 Å². The fourth-order valence-corrected chi connectivity index (χ4v) is 3.28. The summed E-state index contributed by atoms with van der Waals surface area (Å²) >= 11 is 0. The number of aromatic nitrogens is 3. The van der Waals surface area contributed by atoms with Crippen molar-refractivity contribution in [3.63, 3.8) is 0 Å². The van der Waals surface area contributed by atoms with Gasteiger partial charge in [0.15, 0.2) is 5.65 Å². The third kappa shape index (κ3) is 3.89. The van der Waals surface area contributed by atoms with Crippen molar-refractivity contribution in [1.29, 1.82) is 0 Å². The number of aliphatic carboxylic acids is 1. The number of carboxylic acid groups (broad SMARTS) is 1. The third-order valence-electron chi connectivity index (χ3n) is 4.72. The van der Waals surface area contributed by atoms with Crippen molar-refractivity contribution in [3.8, 4) is 11.1 Å². The Kier molecular flexibility index (Phi) is 5.23. The topological polar surface area (TPSA) is 123 Å². The summed E-state index contributed by atoms with van der Waals surface area (Å²) in [6.45, 7) is 0.410. The van der Waals surface area contributed by atoms with Gasteiger partial charge in [-0.15, -0.1) is 0 Å². The highest BCUT2D eigenvalue weighted by atomic mass is 16.4. The lowest BCUT2D eigenvalue weighted by Gasteiger charge is -2.12. The van der Waals surface area contributed by atoms with Gasteiger partial charge in [-0.05, 0) is 34.9 Å². The molecule has 0 bridgehead atoms. The minimum absolute atomic E-state index is 0.192. The van der Waals surface area contributed by atoms with E-state index in [9.17, 15) is 9.59 Å². The first-order valence-electron chi connectivity index (χ1n) is 9.29. The summed E-state index contributed by atoms with van der Waals surface area (Å²) in [5.74, 6) is -1.37. The number of anilines is 1. The third-order valence-corrected chi connectivity index (χ3v) is 4.72. The van der Waals surface area contributed by atoms with Gasteiger partial charge in [-0.25, -0.2) is 9.50 Å². The number of rotatable bonds is 6. The Hall–Kier alpha value is -4.04. The van der Waals surface area contributed by atoms with E-state index in [1.807, 2.05) is 24.3 Å². The number of carbonyl (C=O) groups excluding carboxylic acids is 1. The Bertz CT molecular complexity index is 1250. The molecule has 4 aromatic rings. The first-order chi connectivity index (χ1) is 14.5. The molecular weight excluding hydrogens is 382 g/mol. The molecule has 2 heterocycles. The van der Waals surface area contributed by atoms with Crippen LogP contribution in [0.3, 0.4) is 0 Å². The average molecular weight is 401 g/mol. The summed E-state index contributed by atoms with van der Waals surface area (Å²) in [7, 11) is 0. The van der Waals surface area contributed by atoms with Gasteiger partial charge in [0.1, 0.15) is 6.33 Å². The van der Waals surface area contributed by atoms with Gasteiger partial charge in [-0.1, -0.05) is 36.4 Å². The molecule has 2 aromatic heterocycles. The fraction of sp³-hybridized carbons (Fsp3) is 0.0909. The number of nitrogens with zero attached hydrogens (tertiary/aromatic N) is 3. The molecule has 150 valence electrons. The molecule has 0 aliphatic carbocycles. The van der Waals surface area contributed by atoms with Crippen molar-refractivity contribution in [2.24, 2.45) is 5.73 Å². The smallest absolute Gasteiger partial charge is 0.307 e. The molecule has 0 aliphatic rings. The maximum Gasteiger partial charge on any atom is 0.307 e. The number of para-hydroxylation sites is 1. The molecule has 0 aliphatic heterocycles. The van der Waals surface area contributed by atoms with Crippen LogP contribution in [0.25, 0.3) is 16.8 Å². The number of carbonyl (C=O) groups is 2. The second-order valence-electron chi connectivity index (χ2n) is 6.76. The number of fused-ring (bicyclic) bond motifs is 1. The van der Waals surface area contributed by atoms with E-state index in [4.69, 9.17) is 10.8 Å². The summed E-state index contributed by atoms with van der Waals surface area (Å²) < 4.78 is 1.54. The van der Waals surface area contributed by atoms with Crippen molar-refractivity contribution >= 4 is 23.2 Å². The fourth-order valence-electron chi connectivity index (χ4n) is 3.28. The molecule has 0 fully saturated rings. The van der Waals surface area contributed by atoms with Gasteiger partial charge in [0.05, 0.1) is 12.0 Å². The lowest BCUT2D eigenvalue weighted by atomic mass is 10.0. The van der Waals surface area contributed by atoms with Gasteiger partial charge in [0.2, 0.25) is 0 Å². The van der Waals surface area contributed by atoms with Crippen LogP contribution in [0.5, 0.6) is 0 Å². The van der Waals surface area contributed by atoms with E-state index >= 15 is 0 Å². The molecule has 0 saturated carbocycles. The number of amides is 1. The first-order valence-corrected chi connectivity index (χ1v) is 9.29. The van der Waals surface area contributed by atoms with Gasteiger partial charge in [-0.3, -0.25) is 9.59 Å². The molecule has 4 rings (SSSR count). The van der Waals surface area contributed by atoms with E-state index in [1.165, 1.54) is 6.33 Å². The molecule has 8 heteroatoms. The van der Waals surface area contributed by atoms with Crippen LogP contribution in [-0.4, -0.2) is 31.6 Å². The number of carboxylic acids is 1. The number of pyridine rings is 1. The van der Waals surface area contributed by atoms with E-state index < -0.39 is 11.9 Å². The van der Waals surface area contributed by atoms with E-state index in [2.05, 4.69) is 15.4 Å². The van der Waals surface area contributed by atoms with Crippen molar-refractivity contribution in [2.45, 2.75) is 13.0 Å². The standard InChI is InChI=1S/C22H19N5O3/c23-11-14-4-3-6-15(8-14)17-9-18(21-24-13-25-27(21)12-17)22(30)26-19-7-2-1-5-16(19)10-20(28)29/h1-9,12-13H,10-11,23H2,(H,26,30)(H,28,29). The zero-order chi connectivity index (χ0) is 21.1. The number of nitrogens with two attached hydrogens (primary N) is 1. The first kappa shape index (κ1) is 19.3. The highest BCUT2D eigenvalue weighted by Crippen LogP contribution is 2.25. The summed E-state index contributed by atoms with van der Waals surface area (Å²) in [6.07, 6.45) is 2.99. The number of hydrogen-bond acceptors (Lipinski definition) is 5. The number of benzene rings is 2. The van der Waals surface area contributed by atoms with Gasteiger partial charge in [0.25, 0.3) is 5.91 Å². The minimum atomic E-state index is -0.974. The van der Waals surface area contributed by atoms with Crippen LogP contribution in [0, 0.1) is 0 Å². The van der Waals surface area contributed by atoms with E-state index in [-0.39, 0.29) is 6.42 Å². The SMILES string of the molecule is NCc1cccc(-c2cc(C(=O)Nc3ccccc3CC(=O)O)c3ncnn3c2)c1. The van der Waals surface area contributed by atoms with Gasteiger partial charge >= 0.3 is 5.97 Å². The molecule has 2 aromatic carbocycles. The number of hydrogen-bond donors (Lipinski definition) is 3. The zero-order valence-corrected chi connectivity index (χ0v) is 15.9. The zero-order valence-electron chi connectivity index (χ0n) is 15.9. The van der Waals surface area contributed by atoms with Crippen molar-refractivity contribution in [3.05, 3.63) is 83.8 Å². The van der Waals surface area contributed by atoms with Crippen molar-refractivity contribution in [1.82, 2.24) is 14.6 Å². The van der Waals surface area contributed by atoms with Crippen LogP contribution in [-0.2, 0) is 17.8 Å². The molecule has 0 unspecified atom stereocenters. The van der Waals surface area contributed by atoms with Crippen LogP contribution in [0.4, 0.5) is 5.69 Å². The molecule has 0 radical (unpaired) electrons. The van der Waals surface area contributed by atoms with E-state index in [0.29, 0.717) is 29.0 Å². The second-order valence-corrected chi connectivity index (χ2v) is 6.76. The van der Waals surface area contributed by atoms with Crippen LogP contribution < -0.4 is 11.1 Å². The molecule has 1 amide bonds. The Morgan fingerprint density at radius 3 is 2.70 bits per heavy atom. The highest BCUT2D eigenvalue weighted by molar-refractivity contribution is 6.09. The van der Waals surface area contributed by atoms with Crippen LogP contribution >= 0.6 is 0 Å². The molecule has 8 nitrogen and oxygen atoms in total. The predicted molar refractivity (Wildman–Crippen MR) is 112 cm³/mol. The van der Waals surface area contributed by atoms with E-state index in [1.54, 1.807) is 41.0 Å². The van der Waals surface area contributed by atoms with Crippen LogP contribution in [0.1, 0.15) is 21.5 Å². The normalized spacial score (nSPS) is 10.8. The summed E-state index contributed by atoms with van der Waals surface area (Å²) in [6, 6.07) is 16.3. The molecule has 0 saturated heterocycles. The summed E-state index contributed by atoms with van der Waals surface area (Å²) in [5, 5.41) is 16.1. The highest BCUT2D eigenvalue weighted by Gasteiger charge is 2.17. The Balaban J connectivity index is 1.74. The van der Waals surface area contributed by atoms with Gasteiger partial charge < -0.3 is 16.2 Å². The van der Waals surface area contributed by atoms with Gasteiger partial charge in [-0.2, -0.15) is 5.10 Å². The molecular formula is C22H19N5O3. The predicted octanol–water partition coefficient (Wildman–Crippen LogP) is 2.73. The molecule has 30 heavy (non-hydrogen) atoms. The maximum atomic E-state index is 13.1. The van der Waals surface area contributed by atoms with Crippen LogP contribution in [0.2, 0.25) is 0 Å². The van der Waals surface area contributed by atoms with E-state index in [0.717, 1.165) is 16.7 Å². The van der Waals surface area contributed by atoms with Crippen LogP contribution in [0.15, 0.2) is 67.1 Å². The molecule has 0 atom stereocenters. The Morgan fingerprint density at radius 1 is 1.07 bits per heavy atom. The lowest BCUT2D eigenvalue weighted by Crippen LogP contribution is -2.16. The monoisotopic (exact) mass is 401 g/mol. The molecule has 0 spiro atoms. The maximum absolute atomic E-state index is 13.1.